The molecule has 2 aromatic rings. The van der Waals surface area contributed by atoms with Crippen LogP contribution < -0.4 is 0 Å². The third-order valence-electron chi connectivity index (χ3n) is 2.39. The van der Waals surface area contributed by atoms with E-state index in [0.29, 0.717) is 15.6 Å². The van der Waals surface area contributed by atoms with Gasteiger partial charge in [-0.1, -0.05) is 17.8 Å². The Kier molecular flexibility index (Phi) is 3.38. The van der Waals surface area contributed by atoms with Crippen LogP contribution in [0.15, 0.2) is 34.2 Å². The van der Waals surface area contributed by atoms with Crippen molar-refractivity contribution in [1.82, 2.24) is 9.78 Å². The topological polar surface area (TPSA) is 55.1 Å². The zero-order valence-electron chi connectivity index (χ0n) is 9.85. The highest BCUT2D eigenvalue weighted by atomic mass is 32.2. The van der Waals surface area contributed by atoms with Gasteiger partial charge in [0, 0.05) is 11.9 Å². The van der Waals surface area contributed by atoms with E-state index in [4.69, 9.17) is 5.11 Å². The van der Waals surface area contributed by atoms with Crippen molar-refractivity contribution in [3.8, 4) is 0 Å². The summed E-state index contributed by atoms with van der Waals surface area (Å²) in [6, 6.07) is 6.01. The fourth-order valence-electron chi connectivity index (χ4n) is 1.64. The minimum absolute atomic E-state index is 0.159. The first-order valence-corrected chi connectivity index (χ1v) is 6.01. The molecule has 0 radical (unpaired) electrons. The van der Waals surface area contributed by atoms with Gasteiger partial charge in [-0.2, -0.15) is 5.10 Å². The van der Waals surface area contributed by atoms with Crippen LogP contribution in [0.4, 0.5) is 4.39 Å². The van der Waals surface area contributed by atoms with Crippen molar-refractivity contribution < 1.29 is 14.3 Å². The monoisotopic (exact) mass is 266 g/mol. The fourth-order valence-corrected chi connectivity index (χ4v) is 2.69. The number of carboxylic acid groups (broad SMARTS) is 1. The summed E-state index contributed by atoms with van der Waals surface area (Å²) >= 11 is 1.18. The quantitative estimate of drug-likeness (QED) is 0.928. The van der Waals surface area contributed by atoms with Gasteiger partial charge in [-0.05, 0) is 25.1 Å². The number of benzene rings is 1. The lowest BCUT2D eigenvalue weighted by Gasteiger charge is -2.03. The third kappa shape index (κ3) is 2.38. The number of carboxylic acids is 1. The van der Waals surface area contributed by atoms with Crippen molar-refractivity contribution in [2.75, 3.05) is 0 Å². The zero-order chi connectivity index (χ0) is 13.3. The van der Waals surface area contributed by atoms with Crippen LogP contribution in [0.25, 0.3) is 0 Å². The molecular weight excluding hydrogens is 255 g/mol. The average Bonchev–Trinajstić information content (AvgIpc) is 2.53. The minimum atomic E-state index is -1.03. The number of aromatic carboxylic acids is 1. The van der Waals surface area contributed by atoms with Crippen molar-refractivity contribution in [3.05, 3.63) is 41.3 Å². The standard InChI is InChI=1S/C12H11FN2O2S/c1-7-10(12(16)17)11(15(2)14-7)18-9-5-3-4-8(13)6-9/h3-6H,1-2H3,(H,16,17). The van der Waals surface area contributed by atoms with Crippen molar-refractivity contribution in [2.24, 2.45) is 7.05 Å². The second-order valence-corrected chi connectivity index (χ2v) is 4.82. The predicted octanol–water partition coefficient (Wildman–Crippen LogP) is 2.72. The SMILES string of the molecule is Cc1nn(C)c(Sc2cccc(F)c2)c1C(=O)O. The van der Waals surface area contributed by atoms with E-state index < -0.39 is 5.97 Å². The fraction of sp³-hybridized carbons (Fsp3) is 0.167. The van der Waals surface area contributed by atoms with Gasteiger partial charge in [0.2, 0.25) is 0 Å². The number of carbonyl (C=O) groups is 1. The number of hydrogen-bond acceptors (Lipinski definition) is 3. The molecule has 0 atom stereocenters. The lowest BCUT2D eigenvalue weighted by molar-refractivity contribution is 0.0692. The highest BCUT2D eigenvalue weighted by molar-refractivity contribution is 7.99. The first-order chi connectivity index (χ1) is 8.49. The Morgan fingerprint density at radius 1 is 1.50 bits per heavy atom. The van der Waals surface area contributed by atoms with Gasteiger partial charge in [0.05, 0.1) is 5.69 Å². The van der Waals surface area contributed by atoms with Crippen molar-refractivity contribution in [2.45, 2.75) is 16.8 Å². The molecular formula is C12H11FN2O2S. The summed E-state index contributed by atoms with van der Waals surface area (Å²) in [7, 11) is 1.67. The Labute approximate surface area is 107 Å². The van der Waals surface area contributed by atoms with Crippen LogP contribution in [-0.2, 0) is 7.05 Å². The number of aromatic nitrogens is 2. The van der Waals surface area contributed by atoms with E-state index in [0.717, 1.165) is 0 Å². The van der Waals surface area contributed by atoms with Crippen molar-refractivity contribution in [3.63, 3.8) is 0 Å². The molecule has 94 valence electrons. The summed E-state index contributed by atoms with van der Waals surface area (Å²) in [5, 5.41) is 13.7. The molecule has 1 N–H and O–H groups in total. The molecule has 0 amide bonds. The van der Waals surface area contributed by atoms with E-state index in [1.165, 1.54) is 28.6 Å². The van der Waals surface area contributed by atoms with E-state index in [1.54, 1.807) is 26.1 Å². The molecule has 1 aromatic carbocycles. The smallest absolute Gasteiger partial charge is 0.340 e. The Morgan fingerprint density at radius 2 is 2.22 bits per heavy atom. The van der Waals surface area contributed by atoms with E-state index in [1.807, 2.05) is 0 Å². The number of halogens is 1. The van der Waals surface area contributed by atoms with Gasteiger partial charge >= 0.3 is 5.97 Å². The molecule has 4 nitrogen and oxygen atoms in total. The Hall–Kier alpha value is -1.82. The van der Waals surface area contributed by atoms with Crippen molar-refractivity contribution >= 4 is 17.7 Å². The average molecular weight is 266 g/mol. The van der Waals surface area contributed by atoms with Gasteiger partial charge in [0.25, 0.3) is 0 Å². The molecule has 0 fully saturated rings. The first kappa shape index (κ1) is 12.6. The predicted molar refractivity (Wildman–Crippen MR) is 65.4 cm³/mol. The molecule has 0 bridgehead atoms. The van der Waals surface area contributed by atoms with Gasteiger partial charge in [-0.25, -0.2) is 9.18 Å². The Bertz CT molecular complexity index is 610. The normalized spacial score (nSPS) is 10.6. The van der Waals surface area contributed by atoms with E-state index in [-0.39, 0.29) is 11.4 Å². The van der Waals surface area contributed by atoms with E-state index in [9.17, 15) is 9.18 Å². The molecule has 0 saturated carbocycles. The molecule has 0 unspecified atom stereocenters. The summed E-state index contributed by atoms with van der Waals surface area (Å²) in [4.78, 5) is 11.8. The zero-order valence-corrected chi connectivity index (χ0v) is 10.7. The number of nitrogens with zero attached hydrogens (tertiary/aromatic N) is 2. The van der Waals surface area contributed by atoms with Crippen LogP contribution in [0, 0.1) is 12.7 Å². The molecule has 1 heterocycles. The van der Waals surface area contributed by atoms with Gasteiger partial charge < -0.3 is 5.11 Å². The van der Waals surface area contributed by atoms with Crippen molar-refractivity contribution in [1.29, 1.82) is 0 Å². The summed E-state index contributed by atoms with van der Waals surface area (Å²) in [5.41, 5.74) is 0.607. The molecule has 0 aliphatic rings. The van der Waals surface area contributed by atoms with Crippen LogP contribution in [0.1, 0.15) is 16.1 Å². The number of hydrogen-bond donors (Lipinski definition) is 1. The van der Waals surface area contributed by atoms with Gasteiger partial charge in [-0.3, -0.25) is 4.68 Å². The highest BCUT2D eigenvalue weighted by Crippen LogP contribution is 2.31. The molecule has 18 heavy (non-hydrogen) atoms. The lowest BCUT2D eigenvalue weighted by Crippen LogP contribution is -2.00. The van der Waals surface area contributed by atoms with Crippen LogP contribution in [0.3, 0.4) is 0 Å². The van der Waals surface area contributed by atoms with Crippen LogP contribution >= 0.6 is 11.8 Å². The highest BCUT2D eigenvalue weighted by Gasteiger charge is 2.20. The first-order valence-electron chi connectivity index (χ1n) is 5.19. The maximum Gasteiger partial charge on any atom is 0.340 e. The molecule has 0 saturated heterocycles. The van der Waals surface area contributed by atoms with E-state index >= 15 is 0 Å². The summed E-state index contributed by atoms with van der Waals surface area (Å²) in [6.07, 6.45) is 0. The number of rotatable bonds is 3. The summed E-state index contributed by atoms with van der Waals surface area (Å²) in [6.45, 7) is 1.64. The maximum absolute atomic E-state index is 13.1. The Balaban J connectivity index is 2.43. The summed E-state index contributed by atoms with van der Waals surface area (Å²) < 4.78 is 14.6. The molecule has 6 heteroatoms. The van der Waals surface area contributed by atoms with Gasteiger partial charge in [-0.15, -0.1) is 0 Å². The largest absolute Gasteiger partial charge is 0.478 e. The molecule has 0 aliphatic heterocycles. The molecule has 0 spiro atoms. The lowest BCUT2D eigenvalue weighted by atomic mass is 10.3. The third-order valence-corrected chi connectivity index (χ3v) is 3.55. The maximum atomic E-state index is 13.1. The van der Waals surface area contributed by atoms with Gasteiger partial charge in [0.1, 0.15) is 16.4 Å². The van der Waals surface area contributed by atoms with Crippen LogP contribution in [0.2, 0.25) is 0 Å². The van der Waals surface area contributed by atoms with Crippen LogP contribution in [-0.4, -0.2) is 20.9 Å². The molecule has 2 rings (SSSR count). The molecule has 0 aliphatic carbocycles. The molecule has 1 aromatic heterocycles. The minimum Gasteiger partial charge on any atom is -0.478 e. The van der Waals surface area contributed by atoms with Gasteiger partial charge in [0.15, 0.2) is 0 Å². The number of aryl methyl sites for hydroxylation is 2. The Morgan fingerprint density at radius 3 is 2.83 bits per heavy atom. The van der Waals surface area contributed by atoms with Crippen LogP contribution in [0.5, 0.6) is 0 Å². The van der Waals surface area contributed by atoms with E-state index in [2.05, 4.69) is 5.10 Å². The second-order valence-electron chi connectivity index (χ2n) is 3.75. The second kappa shape index (κ2) is 4.81. The summed E-state index contributed by atoms with van der Waals surface area (Å²) in [5.74, 6) is -1.38.